The van der Waals surface area contributed by atoms with Crippen molar-refractivity contribution in [1.29, 1.82) is 0 Å². The Labute approximate surface area is 135 Å². The van der Waals surface area contributed by atoms with E-state index in [2.05, 4.69) is 11.4 Å². The minimum Gasteiger partial charge on any atom is -0.369 e. The van der Waals surface area contributed by atoms with Crippen molar-refractivity contribution in [3.63, 3.8) is 0 Å². The number of hydrogen-bond acceptors (Lipinski definition) is 3. The van der Waals surface area contributed by atoms with Gasteiger partial charge in [-0.3, -0.25) is 0 Å². The molecule has 1 aromatic heterocycles. The third-order valence-corrected chi connectivity index (χ3v) is 7.34. The zero-order valence-corrected chi connectivity index (χ0v) is 13.8. The van der Waals surface area contributed by atoms with Gasteiger partial charge in [-0.05, 0) is 68.4 Å². The van der Waals surface area contributed by atoms with Gasteiger partial charge in [0.15, 0.2) is 0 Å². The normalized spacial score (nSPS) is 39.5. The van der Waals surface area contributed by atoms with E-state index in [-0.39, 0.29) is 5.60 Å². The first-order chi connectivity index (χ1) is 10.2. The standard InChI is InChI=1S/C17H22ClNOS/c18-15-7-12-5-6-20-17(16(12)21-15)8-13(10-1-2-10)19-14(9-17)11-3-4-11/h7,10-11,13-14,19H,1-6,8-9H2/t13-,14+,17?. The summed E-state index contributed by atoms with van der Waals surface area (Å²) in [5.41, 5.74) is 1.43. The highest BCUT2D eigenvalue weighted by Crippen LogP contribution is 2.53. The lowest BCUT2D eigenvalue weighted by Gasteiger charge is -2.47. The van der Waals surface area contributed by atoms with Crippen molar-refractivity contribution in [1.82, 2.24) is 5.32 Å². The van der Waals surface area contributed by atoms with Crippen LogP contribution in [0.25, 0.3) is 0 Å². The summed E-state index contributed by atoms with van der Waals surface area (Å²) < 4.78 is 7.41. The van der Waals surface area contributed by atoms with Crippen LogP contribution >= 0.6 is 22.9 Å². The topological polar surface area (TPSA) is 21.3 Å². The van der Waals surface area contributed by atoms with Crippen LogP contribution in [-0.4, -0.2) is 18.7 Å². The summed E-state index contributed by atoms with van der Waals surface area (Å²) in [5.74, 6) is 1.79. The second kappa shape index (κ2) is 4.70. The first-order valence-corrected chi connectivity index (χ1v) is 9.62. The highest BCUT2D eigenvalue weighted by molar-refractivity contribution is 7.16. The van der Waals surface area contributed by atoms with Gasteiger partial charge in [-0.25, -0.2) is 0 Å². The summed E-state index contributed by atoms with van der Waals surface area (Å²) in [6.07, 6.45) is 8.98. The van der Waals surface area contributed by atoms with Crippen LogP contribution in [0.2, 0.25) is 4.34 Å². The van der Waals surface area contributed by atoms with E-state index < -0.39 is 0 Å². The van der Waals surface area contributed by atoms with Gasteiger partial charge in [-0.2, -0.15) is 0 Å². The van der Waals surface area contributed by atoms with Gasteiger partial charge < -0.3 is 10.1 Å². The van der Waals surface area contributed by atoms with Crippen LogP contribution in [0.5, 0.6) is 0 Å². The van der Waals surface area contributed by atoms with Crippen molar-refractivity contribution in [2.75, 3.05) is 6.61 Å². The van der Waals surface area contributed by atoms with E-state index in [9.17, 15) is 0 Å². The molecule has 4 heteroatoms. The van der Waals surface area contributed by atoms with Gasteiger partial charge in [0.25, 0.3) is 0 Å². The van der Waals surface area contributed by atoms with Gasteiger partial charge in [-0.1, -0.05) is 11.6 Å². The van der Waals surface area contributed by atoms with E-state index in [0.717, 1.165) is 42.0 Å². The molecule has 3 heterocycles. The average molecular weight is 324 g/mol. The first-order valence-electron chi connectivity index (χ1n) is 8.42. The molecule has 0 amide bonds. The lowest BCUT2D eigenvalue weighted by atomic mass is 9.77. The highest BCUT2D eigenvalue weighted by Gasteiger charge is 2.52. The smallest absolute Gasteiger partial charge is 0.106 e. The van der Waals surface area contributed by atoms with Gasteiger partial charge in [0.2, 0.25) is 0 Å². The molecule has 3 atom stereocenters. The van der Waals surface area contributed by atoms with Crippen molar-refractivity contribution < 1.29 is 4.74 Å². The highest BCUT2D eigenvalue weighted by atomic mass is 35.5. The van der Waals surface area contributed by atoms with Crippen LogP contribution in [0.1, 0.15) is 49.0 Å². The maximum Gasteiger partial charge on any atom is 0.106 e. The number of ether oxygens (including phenoxy) is 1. The SMILES string of the molecule is Clc1cc2c(s1)C1(C[C@@H](C3CC3)N[C@@H](C3CC3)C1)OCC2. The Hall–Kier alpha value is -0.0900. The van der Waals surface area contributed by atoms with Crippen molar-refractivity contribution in [3.8, 4) is 0 Å². The van der Waals surface area contributed by atoms with Gasteiger partial charge in [0, 0.05) is 17.0 Å². The first kappa shape index (κ1) is 13.4. The Kier molecular flexibility index (Phi) is 2.99. The third kappa shape index (κ3) is 2.28. The molecule has 1 saturated heterocycles. The minimum absolute atomic E-state index is 0.0306. The van der Waals surface area contributed by atoms with E-state index in [1.807, 2.05) is 0 Å². The molecule has 21 heavy (non-hydrogen) atoms. The lowest BCUT2D eigenvalue weighted by molar-refractivity contribution is -0.100. The number of hydrogen-bond donors (Lipinski definition) is 1. The zero-order valence-electron chi connectivity index (χ0n) is 12.2. The maximum absolute atomic E-state index is 6.47. The van der Waals surface area contributed by atoms with E-state index in [0.29, 0.717) is 12.1 Å². The fourth-order valence-corrected chi connectivity index (χ4v) is 5.94. The van der Waals surface area contributed by atoms with Gasteiger partial charge in [-0.15, -0.1) is 11.3 Å². The van der Waals surface area contributed by atoms with E-state index in [1.54, 1.807) is 11.3 Å². The summed E-state index contributed by atoms with van der Waals surface area (Å²) in [6.45, 7) is 0.870. The summed E-state index contributed by atoms with van der Waals surface area (Å²) in [5, 5.41) is 3.98. The molecular formula is C17H22ClNOS. The van der Waals surface area contributed by atoms with Gasteiger partial charge in [0.1, 0.15) is 5.60 Å². The van der Waals surface area contributed by atoms with E-state index in [4.69, 9.17) is 16.3 Å². The molecule has 1 N–H and O–H groups in total. The molecule has 2 aliphatic heterocycles. The van der Waals surface area contributed by atoms with Crippen molar-refractivity contribution in [3.05, 3.63) is 20.8 Å². The summed E-state index contributed by atoms with van der Waals surface area (Å²) in [7, 11) is 0. The number of nitrogens with one attached hydrogen (secondary N) is 1. The summed E-state index contributed by atoms with van der Waals surface area (Å²) in [4.78, 5) is 1.46. The molecule has 2 aliphatic carbocycles. The molecule has 4 aliphatic rings. The second-order valence-corrected chi connectivity index (χ2v) is 9.14. The Morgan fingerprint density at radius 2 is 1.81 bits per heavy atom. The quantitative estimate of drug-likeness (QED) is 0.884. The van der Waals surface area contributed by atoms with Gasteiger partial charge >= 0.3 is 0 Å². The fraction of sp³-hybridized carbons (Fsp3) is 0.765. The number of thiophene rings is 1. The molecule has 114 valence electrons. The average Bonchev–Trinajstić information content (AvgIpc) is 3.36. The maximum atomic E-state index is 6.47. The predicted octanol–water partition coefficient (Wildman–Crippen LogP) is 4.11. The van der Waals surface area contributed by atoms with Crippen LogP contribution in [0.15, 0.2) is 6.07 Å². The monoisotopic (exact) mass is 323 g/mol. The molecule has 1 spiro atoms. The predicted molar refractivity (Wildman–Crippen MR) is 86.1 cm³/mol. The lowest BCUT2D eigenvalue weighted by Crippen LogP contribution is -2.55. The zero-order chi connectivity index (χ0) is 14.0. The van der Waals surface area contributed by atoms with Gasteiger partial charge in [0.05, 0.1) is 10.9 Å². The second-order valence-electron chi connectivity index (χ2n) is 7.46. The molecule has 2 nitrogen and oxygen atoms in total. The molecule has 5 rings (SSSR count). The van der Waals surface area contributed by atoms with E-state index >= 15 is 0 Å². The van der Waals surface area contributed by atoms with Crippen LogP contribution in [0.3, 0.4) is 0 Å². The molecule has 2 saturated carbocycles. The van der Waals surface area contributed by atoms with E-state index in [1.165, 1.54) is 36.1 Å². The Bertz CT molecular complexity index is 543. The Morgan fingerprint density at radius 1 is 1.14 bits per heavy atom. The largest absolute Gasteiger partial charge is 0.369 e. The van der Waals surface area contributed by atoms with Crippen LogP contribution in [0.4, 0.5) is 0 Å². The Morgan fingerprint density at radius 3 is 2.43 bits per heavy atom. The summed E-state index contributed by atoms with van der Waals surface area (Å²) in [6, 6.07) is 3.51. The Balaban J connectivity index is 1.53. The van der Waals surface area contributed by atoms with Crippen LogP contribution < -0.4 is 5.32 Å². The summed E-state index contributed by atoms with van der Waals surface area (Å²) >= 11 is 8.10. The van der Waals surface area contributed by atoms with Crippen molar-refractivity contribution >= 4 is 22.9 Å². The molecular weight excluding hydrogens is 302 g/mol. The number of halogens is 1. The van der Waals surface area contributed by atoms with Crippen LogP contribution in [0, 0.1) is 11.8 Å². The molecule has 0 bridgehead atoms. The van der Waals surface area contributed by atoms with Crippen LogP contribution in [-0.2, 0) is 16.8 Å². The molecule has 1 aromatic rings. The fourth-order valence-electron chi connectivity index (χ4n) is 4.48. The number of fused-ring (bicyclic) bond motifs is 2. The molecule has 0 radical (unpaired) electrons. The number of piperidine rings is 1. The molecule has 3 fully saturated rings. The molecule has 1 unspecified atom stereocenters. The van der Waals surface area contributed by atoms with Crippen molar-refractivity contribution in [2.24, 2.45) is 11.8 Å². The third-order valence-electron chi connectivity index (χ3n) is 5.85. The minimum atomic E-state index is -0.0306. The number of rotatable bonds is 2. The van der Waals surface area contributed by atoms with Crippen molar-refractivity contribution in [2.45, 2.75) is 62.6 Å². The molecule has 0 aromatic carbocycles.